The lowest BCUT2D eigenvalue weighted by molar-refractivity contribution is -0.120. The van der Waals surface area contributed by atoms with E-state index < -0.39 is 28.2 Å². The number of likely N-dealkylation sites (N-methyl/N-ethyl adjacent to an activating group) is 1. The number of rotatable bonds is 5. The molecule has 170 valence electrons. The summed E-state index contributed by atoms with van der Waals surface area (Å²) < 4.78 is 32.5. The van der Waals surface area contributed by atoms with Gasteiger partial charge in [-0.3, -0.25) is 14.2 Å². The molecule has 0 bridgehead atoms. The molecular weight excluding hydrogens is 430 g/mol. The number of hydrogen-bond donors (Lipinski definition) is 2. The van der Waals surface area contributed by atoms with Crippen molar-refractivity contribution < 1.29 is 13.2 Å². The van der Waals surface area contributed by atoms with Crippen LogP contribution in [0.4, 0.5) is 5.82 Å². The molecule has 10 nitrogen and oxygen atoms in total. The molecule has 3 heterocycles. The van der Waals surface area contributed by atoms with Crippen LogP contribution in [0, 0.1) is 13.8 Å². The molecule has 2 N–H and O–H groups in total. The number of hydrogen-bond acceptors (Lipinski definition) is 5. The first-order chi connectivity index (χ1) is 15.1. The largest absolute Gasteiger partial charge is 0.308 e. The van der Waals surface area contributed by atoms with Crippen LogP contribution in [0.1, 0.15) is 34.8 Å². The molecular formula is C21H27N7O3S. The van der Waals surface area contributed by atoms with E-state index in [2.05, 4.69) is 20.2 Å². The van der Waals surface area contributed by atoms with Gasteiger partial charge in [-0.05, 0) is 25.8 Å². The lowest BCUT2D eigenvalue weighted by Crippen LogP contribution is -2.56. The zero-order valence-electron chi connectivity index (χ0n) is 18.5. The summed E-state index contributed by atoms with van der Waals surface area (Å²) in [6, 6.07) is 8.41. The van der Waals surface area contributed by atoms with Crippen LogP contribution in [-0.4, -0.2) is 51.3 Å². The first-order valence-corrected chi connectivity index (χ1v) is 11.7. The number of carbonyl (C=O) groups excluding carboxylic acids is 1. The SMILES string of the molecule is Cc1ccc(Cn2ccc(NC(=O)C3CC(c4cnn(C)c4C)NS(=O)(=O)N3C)n2)cc1. The van der Waals surface area contributed by atoms with Crippen LogP contribution in [0.2, 0.25) is 0 Å². The van der Waals surface area contributed by atoms with Gasteiger partial charge in [-0.15, -0.1) is 0 Å². The Hall–Kier alpha value is -3.02. The van der Waals surface area contributed by atoms with Gasteiger partial charge in [-0.1, -0.05) is 29.8 Å². The Morgan fingerprint density at radius 1 is 1.19 bits per heavy atom. The van der Waals surface area contributed by atoms with E-state index in [-0.39, 0.29) is 6.42 Å². The minimum atomic E-state index is -3.83. The van der Waals surface area contributed by atoms with Crippen molar-refractivity contribution in [3.05, 3.63) is 65.1 Å². The molecule has 2 unspecified atom stereocenters. The normalized spacial score (nSPS) is 20.9. The van der Waals surface area contributed by atoms with Crippen LogP contribution in [0.25, 0.3) is 0 Å². The Labute approximate surface area is 187 Å². The molecule has 2 atom stereocenters. The zero-order valence-corrected chi connectivity index (χ0v) is 19.3. The number of benzene rings is 1. The molecule has 1 fully saturated rings. The van der Waals surface area contributed by atoms with Gasteiger partial charge in [-0.2, -0.15) is 27.6 Å². The van der Waals surface area contributed by atoms with Gasteiger partial charge in [-0.25, -0.2) is 0 Å². The molecule has 0 spiro atoms. The van der Waals surface area contributed by atoms with Crippen molar-refractivity contribution in [2.24, 2.45) is 7.05 Å². The summed E-state index contributed by atoms with van der Waals surface area (Å²) in [7, 11) is -0.643. The van der Waals surface area contributed by atoms with Crippen molar-refractivity contribution in [1.29, 1.82) is 0 Å². The second kappa shape index (κ2) is 8.49. The molecule has 3 aromatic rings. The summed E-state index contributed by atoms with van der Waals surface area (Å²) in [6.45, 7) is 4.47. The van der Waals surface area contributed by atoms with Gasteiger partial charge in [0.25, 0.3) is 10.2 Å². The van der Waals surface area contributed by atoms with E-state index in [0.717, 1.165) is 21.1 Å². The highest BCUT2D eigenvalue weighted by Crippen LogP contribution is 2.29. The average Bonchev–Trinajstić information content (AvgIpc) is 3.32. The fourth-order valence-corrected chi connectivity index (χ4v) is 5.04. The van der Waals surface area contributed by atoms with Crippen molar-refractivity contribution >= 4 is 21.9 Å². The molecule has 0 aliphatic carbocycles. The average molecular weight is 458 g/mol. The van der Waals surface area contributed by atoms with Crippen LogP contribution in [-0.2, 0) is 28.6 Å². The van der Waals surface area contributed by atoms with Crippen LogP contribution < -0.4 is 10.0 Å². The Morgan fingerprint density at radius 2 is 1.91 bits per heavy atom. The second-order valence-electron chi connectivity index (χ2n) is 8.13. The number of aromatic nitrogens is 4. The molecule has 1 aliphatic rings. The van der Waals surface area contributed by atoms with Crippen LogP contribution in [0.3, 0.4) is 0 Å². The quantitative estimate of drug-likeness (QED) is 0.603. The predicted molar refractivity (Wildman–Crippen MR) is 120 cm³/mol. The van der Waals surface area contributed by atoms with Gasteiger partial charge in [0.15, 0.2) is 5.82 Å². The van der Waals surface area contributed by atoms with Crippen molar-refractivity contribution in [2.75, 3.05) is 12.4 Å². The predicted octanol–water partition coefficient (Wildman–Crippen LogP) is 1.50. The van der Waals surface area contributed by atoms with Gasteiger partial charge in [0.1, 0.15) is 6.04 Å². The van der Waals surface area contributed by atoms with Gasteiger partial charge >= 0.3 is 0 Å². The van der Waals surface area contributed by atoms with Crippen molar-refractivity contribution in [2.45, 2.75) is 38.9 Å². The number of carbonyl (C=O) groups is 1. The Balaban J connectivity index is 1.48. The van der Waals surface area contributed by atoms with Crippen LogP contribution in [0.15, 0.2) is 42.7 Å². The summed E-state index contributed by atoms with van der Waals surface area (Å²) in [5, 5.41) is 11.4. The third-order valence-electron chi connectivity index (χ3n) is 5.88. The Morgan fingerprint density at radius 3 is 2.56 bits per heavy atom. The molecule has 32 heavy (non-hydrogen) atoms. The van der Waals surface area contributed by atoms with Crippen molar-refractivity contribution in [1.82, 2.24) is 28.6 Å². The molecule has 11 heteroatoms. The topological polar surface area (TPSA) is 114 Å². The maximum absolute atomic E-state index is 13.0. The summed E-state index contributed by atoms with van der Waals surface area (Å²) in [6.07, 6.45) is 3.69. The number of amides is 1. The zero-order chi connectivity index (χ0) is 23.0. The fraction of sp³-hybridized carbons (Fsp3) is 0.381. The molecule has 1 aliphatic heterocycles. The summed E-state index contributed by atoms with van der Waals surface area (Å²) in [4.78, 5) is 13.0. The van der Waals surface area contributed by atoms with E-state index in [1.165, 1.54) is 12.6 Å². The first kappa shape index (κ1) is 22.2. The van der Waals surface area contributed by atoms with E-state index in [0.29, 0.717) is 12.4 Å². The maximum atomic E-state index is 13.0. The summed E-state index contributed by atoms with van der Waals surface area (Å²) >= 11 is 0. The first-order valence-electron chi connectivity index (χ1n) is 10.3. The molecule has 4 rings (SSSR count). The summed E-state index contributed by atoms with van der Waals surface area (Å²) in [5.41, 5.74) is 3.87. The standard InChI is InChI=1S/C21H27N7O3S/c1-14-5-7-16(8-6-14)13-28-10-9-20(24-28)23-21(29)19-11-18(25-32(30,31)27(19)4)17-12-22-26(3)15(17)2/h5-10,12,18-19,25H,11,13H2,1-4H3,(H,23,24,29). The second-order valence-corrected chi connectivity index (χ2v) is 9.89. The van der Waals surface area contributed by atoms with E-state index >= 15 is 0 Å². The van der Waals surface area contributed by atoms with Gasteiger partial charge in [0.05, 0.1) is 18.8 Å². The highest BCUT2D eigenvalue weighted by molar-refractivity contribution is 7.87. The lowest BCUT2D eigenvalue weighted by Gasteiger charge is -2.35. The molecule has 1 aromatic carbocycles. The van der Waals surface area contributed by atoms with Crippen molar-refractivity contribution in [3.8, 4) is 0 Å². The third kappa shape index (κ3) is 4.45. The molecule has 2 aromatic heterocycles. The Bertz CT molecular complexity index is 1230. The molecule has 1 saturated heterocycles. The highest BCUT2D eigenvalue weighted by Gasteiger charge is 2.41. The third-order valence-corrected chi connectivity index (χ3v) is 7.47. The lowest BCUT2D eigenvalue weighted by atomic mass is 10.00. The molecule has 0 radical (unpaired) electrons. The maximum Gasteiger partial charge on any atom is 0.280 e. The van der Waals surface area contributed by atoms with Gasteiger partial charge < -0.3 is 5.32 Å². The highest BCUT2D eigenvalue weighted by atomic mass is 32.2. The number of anilines is 1. The minimum absolute atomic E-state index is 0.276. The Kier molecular flexibility index (Phi) is 5.89. The number of nitrogens with one attached hydrogen (secondary N) is 2. The van der Waals surface area contributed by atoms with Gasteiger partial charge in [0, 0.05) is 37.6 Å². The number of aryl methyl sites for hydroxylation is 2. The smallest absolute Gasteiger partial charge is 0.280 e. The molecule has 1 amide bonds. The van der Waals surface area contributed by atoms with E-state index in [9.17, 15) is 13.2 Å². The van der Waals surface area contributed by atoms with E-state index in [1.54, 1.807) is 34.9 Å². The minimum Gasteiger partial charge on any atom is -0.308 e. The summed E-state index contributed by atoms with van der Waals surface area (Å²) in [5.74, 6) is -0.0507. The molecule has 0 saturated carbocycles. The van der Waals surface area contributed by atoms with Gasteiger partial charge in [0.2, 0.25) is 5.91 Å². The fourth-order valence-electron chi connectivity index (χ4n) is 3.78. The van der Waals surface area contributed by atoms with Crippen molar-refractivity contribution in [3.63, 3.8) is 0 Å². The van der Waals surface area contributed by atoms with E-state index in [1.807, 2.05) is 38.1 Å². The van der Waals surface area contributed by atoms with Crippen LogP contribution in [0.5, 0.6) is 0 Å². The number of nitrogens with zero attached hydrogens (tertiary/aromatic N) is 5. The van der Waals surface area contributed by atoms with E-state index in [4.69, 9.17) is 0 Å². The monoisotopic (exact) mass is 457 g/mol. The van der Waals surface area contributed by atoms with Crippen LogP contribution >= 0.6 is 0 Å².